The molecular weight excluding hydrogens is 521 g/mol. The third kappa shape index (κ3) is 4.66. The van der Waals surface area contributed by atoms with Gasteiger partial charge in [-0.1, -0.05) is 10.3 Å². The molecule has 1 amide bonds. The molecule has 2 aromatic carbocycles. The van der Waals surface area contributed by atoms with Crippen molar-refractivity contribution in [3.8, 4) is 28.5 Å². The Hall–Kier alpha value is -4.71. The Bertz CT molecular complexity index is 1660. The summed E-state index contributed by atoms with van der Waals surface area (Å²) in [6.45, 7) is 5.99. The summed E-state index contributed by atoms with van der Waals surface area (Å²) in [5.74, 6) is 1.31. The smallest absolute Gasteiger partial charge is 0.263 e. The topological polar surface area (TPSA) is 129 Å². The zero-order valence-corrected chi connectivity index (χ0v) is 22.1. The molecule has 0 bridgehead atoms. The zero-order chi connectivity index (χ0) is 27.8. The van der Waals surface area contributed by atoms with Gasteiger partial charge in [0, 0.05) is 37.2 Å². The molecular formula is C28H26FN5O6. The van der Waals surface area contributed by atoms with E-state index in [-0.39, 0.29) is 18.3 Å². The van der Waals surface area contributed by atoms with Crippen LogP contribution in [0.2, 0.25) is 0 Å². The number of nitrogens with zero attached hydrogens (tertiary/aromatic N) is 4. The summed E-state index contributed by atoms with van der Waals surface area (Å²) < 4.78 is 42.3. The lowest BCUT2D eigenvalue weighted by Crippen LogP contribution is -2.36. The molecule has 1 aliphatic rings. The standard InChI is InChI=1S/C28H26FN5O6/c1-15-24(16(2)39-32-15)28-31-23(33-40-28)14-37-22-12-19-21(13-20(22)34-8-10-36-11-9-34)38-26(25(19)27(35)30-3)17-4-6-18(29)7-5-17/h4-7,12-13H,8-11,14H2,1-3H3,(H,30,35). The Morgan fingerprint density at radius 3 is 2.58 bits per heavy atom. The number of amides is 1. The molecule has 6 rings (SSSR count). The first-order valence-electron chi connectivity index (χ1n) is 12.7. The Kier molecular flexibility index (Phi) is 6.68. The summed E-state index contributed by atoms with van der Waals surface area (Å²) in [5.41, 5.74) is 3.46. The first-order chi connectivity index (χ1) is 19.4. The fraction of sp³-hybridized carbons (Fsp3) is 0.286. The predicted molar refractivity (Wildman–Crippen MR) is 142 cm³/mol. The van der Waals surface area contributed by atoms with Crippen LogP contribution in [0.1, 0.15) is 27.6 Å². The lowest BCUT2D eigenvalue weighted by Gasteiger charge is -2.30. The second kappa shape index (κ2) is 10.5. The molecule has 1 aliphatic heterocycles. The highest BCUT2D eigenvalue weighted by Gasteiger charge is 2.26. The van der Waals surface area contributed by atoms with E-state index < -0.39 is 0 Å². The van der Waals surface area contributed by atoms with E-state index in [0.29, 0.717) is 88.6 Å². The number of furan rings is 1. The molecule has 0 saturated carbocycles. The molecule has 3 aromatic heterocycles. The van der Waals surface area contributed by atoms with Crippen LogP contribution in [-0.4, -0.2) is 54.6 Å². The Labute approximate surface area is 227 Å². The van der Waals surface area contributed by atoms with E-state index in [4.69, 9.17) is 22.9 Å². The van der Waals surface area contributed by atoms with Crippen molar-refractivity contribution >= 4 is 22.6 Å². The molecule has 11 nitrogen and oxygen atoms in total. The summed E-state index contributed by atoms with van der Waals surface area (Å²) in [6, 6.07) is 9.42. The van der Waals surface area contributed by atoms with Gasteiger partial charge >= 0.3 is 0 Å². The number of fused-ring (bicyclic) bond motifs is 1. The SMILES string of the molecule is CNC(=O)c1c(-c2ccc(F)cc2)oc2cc(N3CCOCC3)c(OCc3noc(-c4c(C)noc4C)n3)cc12. The van der Waals surface area contributed by atoms with E-state index in [2.05, 4.69) is 25.5 Å². The summed E-state index contributed by atoms with van der Waals surface area (Å²) >= 11 is 0. The van der Waals surface area contributed by atoms with Crippen LogP contribution in [0.4, 0.5) is 10.1 Å². The Balaban J connectivity index is 1.41. The second-order valence-electron chi connectivity index (χ2n) is 9.31. The second-order valence-corrected chi connectivity index (χ2v) is 9.31. The molecule has 40 heavy (non-hydrogen) atoms. The minimum atomic E-state index is -0.384. The number of ether oxygens (including phenoxy) is 2. The average molecular weight is 548 g/mol. The van der Waals surface area contributed by atoms with Crippen molar-refractivity contribution in [1.29, 1.82) is 0 Å². The zero-order valence-electron chi connectivity index (χ0n) is 22.1. The fourth-order valence-electron chi connectivity index (χ4n) is 4.78. The average Bonchev–Trinajstić information content (AvgIpc) is 3.68. The van der Waals surface area contributed by atoms with Gasteiger partial charge in [-0.3, -0.25) is 4.79 Å². The van der Waals surface area contributed by atoms with Crippen LogP contribution in [0.15, 0.2) is 49.9 Å². The summed E-state index contributed by atoms with van der Waals surface area (Å²) in [6.07, 6.45) is 0. The molecule has 1 N–H and O–H groups in total. The number of carbonyl (C=O) groups is 1. The van der Waals surface area contributed by atoms with Crippen molar-refractivity contribution in [3.63, 3.8) is 0 Å². The number of nitrogens with one attached hydrogen (secondary N) is 1. The number of morpholine rings is 1. The van der Waals surface area contributed by atoms with E-state index in [0.717, 1.165) is 5.69 Å². The molecule has 0 radical (unpaired) electrons. The summed E-state index contributed by atoms with van der Waals surface area (Å²) in [7, 11) is 1.54. The maximum absolute atomic E-state index is 13.6. The first-order valence-corrected chi connectivity index (χ1v) is 12.7. The lowest BCUT2D eigenvalue weighted by molar-refractivity contribution is 0.0964. The first kappa shape index (κ1) is 25.6. The van der Waals surface area contributed by atoms with Gasteiger partial charge < -0.3 is 33.2 Å². The van der Waals surface area contributed by atoms with Crippen molar-refractivity contribution in [2.45, 2.75) is 20.5 Å². The Morgan fingerprint density at radius 2 is 1.88 bits per heavy atom. The van der Waals surface area contributed by atoms with Crippen LogP contribution in [-0.2, 0) is 11.3 Å². The number of rotatable bonds is 7. The molecule has 206 valence electrons. The molecule has 0 unspecified atom stereocenters. The third-order valence-electron chi connectivity index (χ3n) is 6.75. The van der Waals surface area contributed by atoms with Crippen LogP contribution in [0.5, 0.6) is 5.75 Å². The molecule has 0 atom stereocenters. The van der Waals surface area contributed by atoms with Gasteiger partial charge in [0.15, 0.2) is 6.61 Å². The van der Waals surface area contributed by atoms with Gasteiger partial charge in [0.2, 0.25) is 5.82 Å². The number of halogens is 1. The van der Waals surface area contributed by atoms with Gasteiger partial charge in [0.1, 0.15) is 34.2 Å². The van der Waals surface area contributed by atoms with Gasteiger partial charge in [0.25, 0.3) is 11.8 Å². The maximum atomic E-state index is 13.6. The van der Waals surface area contributed by atoms with Crippen LogP contribution in [0.25, 0.3) is 33.7 Å². The van der Waals surface area contributed by atoms with Crippen LogP contribution in [0, 0.1) is 19.7 Å². The third-order valence-corrected chi connectivity index (χ3v) is 6.75. The van der Waals surface area contributed by atoms with Gasteiger partial charge in [0.05, 0.1) is 30.2 Å². The highest BCUT2D eigenvalue weighted by Crippen LogP contribution is 2.41. The summed E-state index contributed by atoms with van der Waals surface area (Å²) in [4.78, 5) is 19.6. The summed E-state index contributed by atoms with van der Waals surface area (Å²) in [5, 5.41) is 11.2. The van der Waals surface area contributed by atoms with Crippen LogP contribution >= 0.6 is 0 Å². The number of hydrogen-bond acceptors (Lipinski definition) is 10. The highest BCUT2D eigenvalue weighted by molar-refractivity contribution is 6.12. The normalized spacial score (nSPS) is 13.7. The Morgan fingerprint density at radius 1 is 1.10 bits per heavy atom. The number of benzene rings is 2. The van der Waals surface area contributed by atoms with Crippen molar-refractivity contribution in [2.75, 3.05) is 38.3 Å². The molecule has 1 fully saturated rings. The minimum absolute atomic E-state index is 0.00764. The lowest BCUT2D eigenvalue weighted by atomic mass is 10.0. The molecule has 0 aliphatic carbocycles. The largest absolute Gasteiger partial charge is 0.483 e. The van der Waals surface area contributed by atoms with E-state index in [9.17, 15) is 9.18 Å². The van der Waals surface area contributed by atoms with Crippen molar-refractivity contribution in [2.24, 2.45) is 0 Å². The predicted octanol–water partition coefficient (Wildman–Crippen LogP) is 4.67. The number of aromatic nitrogens is 3. The number of hydrogen-bond donors (Lipinski definition) is 1. The van der Waals surface area contributed by atoms with Crippen molar-refractivity contribution in [1.82, 2.24) is 20.6 Å². The van der Waals surface area contributed by atoms with Crippen LogP contribution < -0.4 is 15.0 Å². The van der Waals surface area contributed by atoms with Crippen molar-refractivity contribution < 1.29 is 32.1 Å². The van der Waals surface area contributed by atoms with E-state index in [1.807, 2.05) is 6.07 Å². The highest BCUT2D eigenvalue weighted by atomic mass is 19.1. The van der Waals surface area contributed by atoms with Gasteiger partial charge in [-0.05, 0) is 44.2 Å². The molecule has 1 saturated heterocycles. The van der Waals surface area contributed by atoms with Gasteiger partial charge in [-0.15, -0.1) is 0 Å². The fourth-order valence-corrected chi connectivity index (χ4v) is 4.78. The monoisotopic (exact) mass is 547 g/mol. The van der Waals surface area contributed by atoms with E-state index >= 15 is 0 Å². The number of anilines is 1. The molecule has 4 heterocycles. The van der Waals surface area contributed by atoms with Gasteiger partial charge in [-0.2, -0.15) is 4.98 Å². The molecule has 12 heteroatoms. The molecule has 5 aromatic rings. The quantitative estimate of drug-likeness (QED) is 0.307. The number of carbonyl (C=O) groups excluding carboxylic acids is 1. The van der Waals surface area contributed by atoms with Crippen LogP contribution in [0.3, 0.4) is 0 Å². The van der Waals surface area contributed by atoms with Gasteiger partial charge in [-0.25, -0.2) is 4.39 Å². The molecule has 0 spiro atoms. The van der Waals surface area contributed by atoms with E-state index in [1.54, 1.807) is 39.1 Å². The van der Waals surface area contributed by atoms with E-state index in [1.165, 1.54) is 12.1 Å². The number of aryl methyl sites for hydroxylation is 2. The minimum Gasteiger partial charge on any atom is -0.483 e. The van der Waals surface area contributed by atoms with Crippen molar-refractivity contribution in [3.05, 3.63) is 65.1 Å². The maximum Gasteiger partial charge on any atom is 0.263 e.